The van der Waals surface area contributed by atoms with Crippen LogP contribution in [0, 0.1) is 5.92 Å². The van der Waals surface area contributed by atoms with Crippen molar-refractivity contribution in [1.29, 1.82) is 0 Å². The molecule has 1 atom stereocenters. The predicted octanol–water partition coefficient (Wildman–Crippen LogP) is 4.02. The van der Waals surface area contributed by atoms with Crippen LogP contribution in [-0.4, -0.2) is 62.5 Å². The highest BCUT2D eigenvalue weighted by Crippen LogP contribution is 2.49. The molecule has 1 aromatic rings. The molecule has 3 rings (SSSR count). The third-order valence-electron chi connectivity index (χ3n) is 6.03. The Morgan fingerprint density at radius 2 is 1.78 bits per heavy atom. The summed E-state index contributed by atoms with van der Waals surface area (Å²) in [7, 11) is 2.90. The summed E-state index contributed by atoms with van der Waals surface area (Å²) in [6.07, 6.45) is 4.01. The van der Waals surface area contributed by atoms with Gasteiger partial charge in [-0.15, -0.1) is 0 Å². The van der Waals surface area contributed by atoms with E-state index < -0.39 is 23.6 Å². The van der Waals surface area contributed by atoms with Gasteiger partial charge in [0.25, 0.3) is 5.79 Å². The predicted molar refractivity (Wildman–Crippen MR) is 117 cm³/mol. The molecule has 0 bridgehead atoms. The standard InChI is InChI=1S/C22H29Cl2NO7/c1-4-5-6-11-25-12-9-15(10-13-30-16-7-8-17(23)18(24)14-16)21(28-2,29-3)22(25)31-19(26)20(27)32-22/h7-8,14-15H,4-6,9-13H2,1-3H3. The quantitative estimate of drug-likeness (QED) is 0.211. The van der Waals surface area contributed by atoms with Crippen molar-refractivity contribution in [3.05, 3.63) is 28.2 Å². The first-order valence-corrected chi connectivity index (χ1v) is 11.5. The molecule has 32 heavy (non-hydrogen) atoms. The van der Waals surface area contributed by atoms with Crippen molar-refractivity contribution < 1.29 is 33.3 Å². The van der Waals surface area contributed by atoms with Gasteiger partial charge < -0.3 is 23.7 Å². The molecule has 2 heterocycles. The first-order valence-electron chi connectivity index (χ1n) is 10.7. The maximum Gasteiger partial charge on any atom is 0.422 e. The number of hydrogen-bond donors (Lipinski definition) is 0. The Morgan fingerprint density at radius 1 is 1.09 bits per heavy atom. The summed E-state index contributed by atoms with van der Waals surface area (Å²) in [5, 5.41) is 0.843. The smallest absolute Gasteiger partial charge is 0.422 e. The molecule has 0 amide bonds. The van der Waals surface area contributed by atoms with Crippen LogP contribution in [0.3, 0.4) is 0 Å². The Hall–Kier alpha value is -1.58. The van der Waals surface area contributed by atoms with Crippen molar-refractivity contribution in [3.63, 3.8) is 0 Å². The lowest BCUT2D eigenvalue weighted by Crippen LogP contribution is -2.73. The van der Waals surface area contributed by atoms with Gasteiger partial charge in [-0.1, -0.05) is 43.0 Å². The van der Waals surface area contributed by atoms with E-state index in [0.29, 0.717) is 48.3 Å². The summed E-state index contributed by atoms with van der Waals surface area (Å²) in [6, 6.07) is 5.03. The molecule has 2 aliphatic rings. The highest BCUT2D eigenvalue weighted by atomic mass is 35.5. The van der Waals surface area contributed by atoms with Crippen LogP contribution in [0.1, 0.15) is 39.0 Å². The van der Waals surface area contributed by atoms with Gasteiger partial charge in [-0.3, -0.25) is 0 Å². The van der Waals surface area contributed by atoms with Crippen LogP contribution in [0.4, 0.5) is 0 Å². The van der Waals surface area contributed by atoms with Gasteiger partial charge in [0, 0.05) is 39.3 Å². The van der Waals surface area contributed by atoms with Crippen molar-refractivity contribution in [2.24, 2.45) is 5.92 Å². The zero-order chi connectivity index (χ0) is 23.4. The molecule has 1 spiro atoms. The SMILES string of the molecule is CCCCCN1CCC(CCOc2ccc(Cl)c(Cl)c2)C(OC)(OC)C12OC(=O)C(=O)O2. The third kappa shape index (κ3) is 4.56. The van der Waals surface area contributed by atoms with Crippen LogP contribution in [-0.2, 0) is 28.5 Å². The number of ether oxygens (including phenoxy) is 5. The van der Waals surface area contributed by atoms with E-state index in [1.54, 1.807) is 18.2 Å². The van der Waals surface area contributed by atoms with Crippen LogP contribution in [0.5, 0.6) is 5.75 Å². The number of benzene rings is 1. The molecular weight excluding hydrogens is 461 g/mol. The molecule has 1 aromatic carbocycles. The summed E-state index contributed by atoms with van der Waals surface area (Å²) >= 11 is 12.0. The monoisotopic (exact) mass is 489 g/mol. The second-order valence-corrected chi connectivity index (χ2v) is 8.64. The van der Waals surface area contributed by atoms with Crippen LogP contribution in [0.2, 0.25) is 10.0 Å². The van der Waals surface area contributed by atoms with E-state index in [0.717, 1.165) is 19.3 Å². The summed E-state index contributed by atoms with van der Waals surface area (Å²) in [6.45, 7) is 3.51. The average molecular weight is 490 g/mol. The molecule has 2 saturated heterocycles. The number of methoxy groups -OCH3 is 2. The van der Waals surface area contributed by atoms with Crippen LogP contribution in [0.15, 0.2) is 18.2 Å². The summed E-state index contributed by atoms with van der Waals surface area (Å²) in [5.41, 5.74) is 0. The molecule has 10 heteroatoms. The summed E-state index contributed by atoms with van der Waals surface area (Å²) in [4.78, 5) is 26.1. The number of piperidine rings is 1. The number of nitrogens with zero attached hydrogens (tertiary/aromatic N) is 1. The topological polar surface area (TPSA) is 83.5 Å². The zero-order valence-electron chi connectivity index (χ0n) is 18.5. The van der Waals surface area contributed by atoms with E-state index in [2.05, 4.69) is 6.92 Å². The van der Waals surface area contributed by atoms with Crippen LogP contribution < -0.4 is 4.74 Å². The lowest BCUT2D eigenvalue weighted by atomic mass is 9.83. The number of unbranched alkanes of at least 4 members (excludes halogenated alkanes) is 2. The highest BCUT2D eigenvalue weighted by Gasteiger charge is 2.72. The molecule has 0 aromatic heterocycles. The molecule has 0 radical (unpaired) electrons. The largest absolute Gasteiger partial charge is 0.494 e. The van der Waals surface area contributed by atoms with Gasteiger partial charge >= 0.3 is 17.8 Å². The van der Waals surface area contributed by atoms with Gasteiger partial charge in [-0.05, 0) is 31.4 Å². The first kappa shape index (κ1) is 25.1. The van der Waals surface area contributed by atoms with E-state index in [4.69, 9.17) is 46.9 Å². The summed E-state index contributed by atoms with van der Waals surface area (Å²) < 4.78 is 28.6. The van der Waals surface area contributed by atoms with Gasteiger partial charge in [0.2, 0.25) is 0 Å². The molecule has 2 fully saturated rings. The molecule has 1 unspecified atom stereocenters. The summed E-state index contributed by atoms with van der Waals surface area (Å²) in [5.74, 6) is -5.13. The number of carbonyl (C=O) groups excluding carboxylic acids is 2. The van der Waals surface area contributed by atoms with Crippen molar-refractivity contribution in [3.8, 4) is 5.75 Å². The van der Waals surface area contributed by atoms with Gasteiger partial charge in [0.15, 0.2) is 0 Å². The Labute approximate surface area is 198 Å². The second kappa shape index (κ2) is 10.6. The number of carbonyl (C=O) groups is 2. The Morgan fingerprint density at radius 3 is 2.38 bits per heavy atom. The van der Waals surface area contributed by atoms with Gasteiger partial charge in [-0.25, -0.2) is 14.5 Å². The maximum atomic E-state index is 12.1. The molecule has 0 N–H and O–H groups in total. The van der Waals surface area contributed by atoms with Crippen LogP contribution >= 0.6 is 23.2 Å². The van der Waals surface area contributed by atoms with Crippen molar-refractivity contribution in [2.75, 3.05) is 33.9 Å². The van der Waals surface area contributed by atoms with Crippen molar-refractivity contribution in [1.82, 2.24) is 4.90 Å². The minimum atomic E-state index is -1.79. The van der Waals surface area contributed by atoms with Crippen LogP contribution in [0.25, 0.3) is 0 Å². The second-order valence-electron chi connectivity index (χ2n) is 7.83. The number of likely N-dealkylation sites (tertiary alicyclic amines) is 1. The number of hydrogen-bond acceptors (Lipinski definition) is 8. The zero-order valence-corrected chi connectivity index (χ0v) is 20.0. The van der Waals surface area contributed by atoms with E-state index in [1.807, 2.05) is 4.90 Å². The Bertz CT molecular complexity index is 814. The fourth-order valence-corrected chi connectivity index (χ4v) is 4.75. The molecule has 178 valence electrons. The Balaban J connectivity index is 1.81. The maximum absolute atomic E-state index is 12.1. The normalized spacial score (nSPS) is 22.1. The third-order valence-corrected chi connectivity index (χ3v) is 6.77. The van der Waals surface area contributed by atoms with E-state index in [1.165, 1.54) is 14.2 Å². The molecule has 0 aliphatic carbocycles. The fraction of sp³-hybridized carbons (Fsp3) is 0.636. The van der Waals surface area contributed by atoms with E-state index >= 15 is 0 Å². The Kier molecular flexibility index (Phi) is 8.27. The molecule has 2 aliphatic heterocycles. The van der Waals surface area contributed by atoms with Gasteiger partial charge in [-0.2, -0.15) is 0 Å². The number of esters is 2. The molecular formula is C22H29Cl2NO7. The minimum absolute atomic E-state index is 0.290. The lowest BCUT2D eigenvalue weighted by Gasteiger charge is -2.54. The molecule has 8 nitrogen and oxygen atoms in total. The first-order chi connectivity index (χ1) is 15.3. The molecule has 0 saturated carbocycles. The minimum Gasteiger partial charge on any atom is -0.494 e. The lowest BCUT2D eigenvalue weighted by molar-refractivity contribution is -0.438. The average Bonchev–Trinajstić information content (AvgIpc) is 3.08. The van der Waals surface area contributed by atoms with E-state index in [9.17, 15) is 9.59 Å². The van der Waals surface area contributed by atoms with Crippen molar-refractivity contribution >= 4 is 35.1 Å². The number of rotatable bonds is 10. The van der Waals surface area contributed by atoms with E-state index in [-0.39, 0.29) is 5.92 Å². The van der Waals surface area contributed by atoms with Gasteiger partial charge in [0.1, 0.15) is 5.75 Å². The van der Waals surface area contributed by atoms with Crippen molar-refractivity contribution in [2.45, 2.75) is 50.7 Å². The highest BCUT2D eigenvalue weighted by molar-refractivity contribution is 6.42. The fourth-order valence-electron chi connectivity index (χ4n) is 4.46. The number of halogens is 2. The van der Waals surface area contributed by atoms with Gasteiger partial charge in [0.05, 0.1) is 16.7 Å².